The number of nitrogens with zero attached hydrogens (tertiary/aromatic N) is 4. The minimum atomic E-state index is 0.264. The lowest BCUT2D eigenvalue weighted by molar-refractivity contribution is 0.222. The summed E-state index contributed by atoms with van der Waals surface area (Å²) in [5.74, 6) is 0.289. The van der Waals surface area contributed by atoms with E-state index >= 15 is 0 Å². The van der Waals surface area contributed by atoms with Crippen molar-refractivity contribution in [3.8, 4) is 23.3 Å². The van der Waals surface area contributed by atoms with Gasteiger partial charge in [0, 0.05) is 35.3 Å². The molecule has 0 aliphatic carbocycles. The summed E-state index contributed by atoms with van der Waals surface area (Å²) in [5.41, 5.74) is 10.9. The summed E-state index contributed by atoms with van der Waals surface area (Å²) in [6.45, 7) is 0. The number of nitriles is 2. The normalized spacial score (nSPS) is 21.8. The third kappa shape index (κ3) is 1.99. The lowest BCUT2D eigenvalue weighted by atomic mass is 9.87. The number of likely N-dealkylation sites (N-methyl/N-ethyl adjacent to an activating group) is 1. The molecule has 1 fully saturated rings. The molecule has 0 unspecified atom stereocenters. The van der Waals surface area contributed by atoms with Crippen LogP contribution < -0.4 is 5.73 Å². The van der Waals surface area contributed by atoms with Gasteiger partial charge in [0.05, 0.1) is 11.6 Å². The maximum atomic E-state index is 9.68. The van der Waals surface area contributed by atoms with Gasteiger partial charge in [-0.3, -0.25) is 4.90 Å². The minimum Gasteiger partial charge on any atom is -0.383 e. The van der Waals surface area contributed by atoms with Crippen molar-refractivity contribution >= 4 is 5.82 Å². The fourth-order valence-corrected chi connectivity index (χ4v) is 4.17. The van der Waals surface area contributed by atoms with Crippen LogP contribution in [0.1, 0.15) is 41.3 Å². The monoisotopic (exact) mass is 315 g/mol. The Hall–Kier alpha value is -2.89. The quantitative estimate of drug-likeness (QED) is 0.874. The molecule has 0 spiro atoms. The van der Waals surface area contributed by atoms with Crippen molar-refractivity contribution in [3.05, 3.63) is 46.6 Å². The van der Waals surface area contributed by atoms with Crippen molar-refractivity contribution in [2.75, 3.05) is 12.8 Å². The second-order valence-electron chi connectivity index (χ2n) is 6.53. The number of rotatable bonds is 1. The SMILES string of the molecule is CN1[C@H]2CC[C@@H]1c1c(nc(N)c(C#N)c1-c1cccc(C#N)c1)C2. The van der Waals surface area contributed by atoms with Crippen LogP contribution in [-0.4, -0.2) is 23.0 Å². The van der Waals surface area contributed by atoms with Crippen molar-refractivity contribution < 1.29 is 0 Å². The average Bonchev–Trinajstić information content (AvgIpc) is 2.83. The van der Waals surface area contributed by atoms with E-state index in [4.69, 9.17) is 5.73 Å². The van der Waals surface area contributed by atoms with Gasteiger partial charge in [-0.05, 0) is 37.6 Å². The topological polar surface area (TPSA) is 89.7 Å². The van der Waals surface area contributed by atoms with Crippen LogP contribution in [0.25, 0.3) is 11.1 Å². The van der Waals surface area contributed by atoms with E-state index in [1.807, 2.05) is 18.2 Å². The summed E-state index contributed by atoms with van der Waals surface area (Å²) in [6, 6.07) is 12.6. The summed E-state index contributed by atoms with van der Waals surface area (Å²) >= 11 is 0. The van der Waals surface area contributed by atoms with Crippen LogP contribution in [0.15, 0.2) is 24.3 Å². The standard InChI is InChI=1S/C19H17N5/c1-24-13-5-6-16(24)18-15(8-13)23-19(22)14(10-21)17(18)12-4-2-3-11(7-12)9-20/h2-4,7,13,16H,5-6,8H2,1H3,(H2,22,23)/t13-,16+/m0/s1. The molecule has 2 atom stereocenters. The van der Waals surface area contributed by atoms with Crippen LogP contribution in [0.5, 0.6) is 0 Å². The third-order valence-corrected chi connectivity index (χ3v) is 5.34. The fraction of sp³-hybridized carbons (Fsp3) is 0.316. The van der Waals surface area contributed by atoms with Crippen LogP contribution in [0, 0.1) is 22.7 Å². The Balaban J connectivity index is 2.04. The second-order valence-corrected chi connectivity index (χ2v) is 6.53. The highest BCUT2D eigenvalue weighted by molar-refractivity contribution is 5.80. The molecule has 2 aliphatic rings. The van der Waals surface area contributed by atoms with Crippen LogP contribution in [0.4, 0.5) is 5.82 Å². The van der Waals surface area contributed by atoms with Gasteiger partial charge in [-0.1, -0.05) is 12.1 Å². The maximum absolute atomic E-state index is 9.68. The molecule has 2 bridgehead atoms. The predicted molar refractivity (Wildman–Crippen MR) is 90.7 cm³/mol. The first kappa shape index (κ1) is 14.7. The highest BCUT2D eigenvalue weighted by Gasteiger charge is 2.40. The fourth-order valence-electron chi connectivity index (χ4n) is 4.17. The van der Waals surface area contributed by atoms with Gasteiger partial charge < -0.3 is 5.73 Å². The number of nitrogen functional groups attached to an aromatic ring is 1. The molecule has 5 nitrogen and oxygen atoms in total. The van der Waals surface area contributed by atoms with Gasteiger partial charge >= 0.3 is 0 Å². The van der Waals surface area contributed by atoms with Crippen molar-refractivity contribution in [1.82, 2.24) is 9.88 Å². The molecule has 2 aromatic rings. The zero-order valence-corrected chi connectivity index (χ0v) is 13.5. The molecule has 1 saturated heterocycles. The van der Waals surface area contributed by atoms with E-state index in [1.54, 1.807) is 6.07 Å². The summed E-state index contributed by atoms with van der Waals surface area (Å²) in [7, 11) is 2.14. The lowest BCUT2D eigenvalue weighted by Crippen LogP contribution is -2.35. The van der Waals surface area contributed by atoms with Gasteiger partial charge in [0.15, 0.2) is 0 Å². The first-order valence-electron chi connectivity index (χ1n) is 8.09. The Labute approximate surface area is 141 Å². The number of nitrogens with two attached hydrogens (primary N) is 1. The van der Waals surface area contributed by atoms with E-state index in [0.717, 1.165) is 41.6 Å². The molecule has 0 radical (unpaired) electrons. The van der Waals surface area contributed by atoms with E-state index in [-0.39, 0.29) is 11.9 Å². The summed E-state index contributed by atoms with van der Waals surface area (Å²) < 4.78 is 0. The molecular weight excluding hydrogens is 298 g/mol. The second kappa shape index (κ2) is 5.33. The zero-order chi connectivity index (χ0) is 16.8. The van der Waals surface area contributed by atoms with E-state index in [9.17, 15) is 10.5 Å². The van der Waals surface area contributed by atoms with E-state index < -0.39 is 0 Å². The largest absolute Gasteiger partial charge is 0.383 e. The van der Waals surface area contributed by atoms with Crippen molar-refractivity contribution in [2.24, 2.45) is 0 Å². The van der Waals surface area contributed by atoms with Gasteiger partial charge in [-0.25, -0.2) is 4.98 Å². The van der Waals surface area contributed by atoms with E-state index in [1.165, 1.54) is 0 Å². The van der Waals surface area contributed by atoms with Crippen molar-refractivity contribution in [2.45, 2.75) is 31.3 Å². The molecule has 0 saturated carbocycles. The first-order chi connectivity index (χ1) is 11.6. The molecule has 5 heteroatoms. The summed E-state index contributed by atoms with van der Waals surface area (Å²) in [4.78, 5) is 6.94. The molecule has 1 aromatic carbocycles. The molecule has 3 heterocycles. The number of pyridine rings is 1. The molecule has 4 rings (SSSR count). The number of hydrogen-bond donors (Lipinski definition) is 1. The molecule has 1 aromatic heterocycles. The minimum absolute atomic E-state index is 0.264. The third-order valence-electron chi connectivity index (χ3n) is 5.34. The molecule has 24 heavy (non-hydrogen) atoms. The maximum Gasteiger partial charge on any atom is 0.142 e. The molecular formula is C19H17N5. The predicted octanol–water partition coefficient (Wildman–Crippen LogP) is 2.77. The zero-order valence-electron chi connectivity index (χ0n) is 13.5. The van der Waals surface area contributed by atoms with Gasteiger partial charge in [0.25, 0.3) is 0 Å². The Morgan fingerprint density at radius 2 is 2.08 bits per heavy atom. The van der Waals surface area contributed by atoms with Crippen LogP contribution in [-0.2, 0) is 6.42 Å². The highest BCUT2D eigenvalue weighted by atomic mass is 15.2. The Bertz CT molecular complexity index is 919. The van der Waals surface area contributed by atoms with Crippen LogP contribution >= 0.6 is 0 Å². The highest BCUT2D eigenvalue weighted by Crippen LogP contribution is 2.47. The summed E-state index contributed by atoms with van der Waals surface area (Å²) in [6.07, 6.45) is 3.07. The Kier molecular flexibility index (Phi) is 3.26. The molecule has 0 amide bonds. The van der Waals surface area contributed by atoms with Crippen LogP contribution in [0.3, 0.4) is 0 Å². The molecule has 2 N–H and O–H groups in total. The Morgan fingerprint density at radius 3 is 2.83 bits per heavy atom. The molecule has 118 valence electrons. The van der Waals surface area contributed by atoms with E-state index in [0.29, 0.717) is 17.2 Å². The number of benzene rings is 1. The number of anilines is 1. The number of aromatic nitrogens is 1. The van der Waals surface area contributed by atoms with Gasteiger partial charge in [0.1, 0.15) is 17.5 Å². The summed E-state index contributed by atoms with van der Waals surface area (Å²) in [5, 5.41) is 18.9. The molecule has 2 aliphatic heterocycles. The van der Waals surface area contributed by atoms with Crippen molar-refractivity contribution in [3.63, 3.8) is 0 Å². The first-order valence-corrected chi connectivity index (χ1v) is 8.09. The smallest absolute Gasteiger partial charge is 0.142 e. The van der Waals surface area contributed by atoms with E-state index in [2.05, 4.69) is 29.1 Å². The average molecular weight is 315 g/mol. The van der Waals surface area contributed by atoms with Gasteiger partial charge in [-0.15, -0.1) is 0 Å². The van der Waals surface area contributed by atoms with Crippen LogP contribution in [0.2, 0.25) is 0 Å². The Morgan fingerprint density at radius 1 is 1.25 bits per heavy atom. The number of fused-ring (bicyclic) bond motifs is 4. The van der Waals surface area contributed by atoms with Crippen molar-refractivity contribution in [1.29, 1.82) is 10.5 Å². The lowest BCUT2D eigenvalue weighted by Gasteiger charge is -2.34. The van der Waals surface area contributed by atoms with Gasteiger partial charge in [0.2, 0.25) is 0 Å². The van der Waals surface area contributed by atoms with Gasteiger partial charge in [-0.2, -0.15) is 10.5 Å². The number of hydrogen-bond acceptors (Lipinski definition) is 5.